The molecule has 1 aromatic rings. The molecule has 1 aromatic carbocycles. The maximum absolute atomic E-state index is 5.72. The normalized spacial score (nSPS) is 11.5. The summed E-state index contributed by atoms with van der Waals surface area (Å²) in [5.74, 6) is 0.802. The maximum atomic E-state index is 5.72. The number of hydrogen-bond donors (Lipinski definition) is 0. The van der Waals surface area contributed by atoms with Gasteiger partial charge in [0.25, 0.3) is 0 Å². The van der Waals surface area contributed by atoms with Crippen LogP contribution in [0.2, 0.25) is 5.02 Å². The zero-order valence-corrected chi connectivity index (χ0v) is 10.6. The number of halogens is 3. The predicted molar refractivity (Wildman–Crippen MR) is 62.9 cm³/mol. The molecule has 0 unspecified atom stereocenters. The Labute approximate surface area is 99.0 Å². The van der Waals surface area contributed by atoms with E-state index in [0.29, 0.717) is 11.6 Å². The monoisotopic (exact) mass is 324 g/mol. The molecule has 4 heteroatoms. The van der Waals surface area contributed by atoms with Gasteiger partial charge in [0.05, 0.1) is 0 Å². The Hall–Kier alpha value is 0.01000. The largest absolute Gasteiger partial charge is 0.488 e. The highest BCUT2D eigenvalue weighted by molar-refractivity contribution is 9.14. The molecule has 0 aliphatic rings. The summed E-state index contributed by atoms with van der Waals surface area (Å²) < 4.78 is 6.36. The first-order chi connectivity index (χ1) is 6.22. The van der Waals surface area contributed by atoms with E-state index in [1.54, 1.807) is 17.1 Å². The summed E-state index contributed by atoms with van der Waals surface area (Å²) in [7, 11) is 0. The van der Waals surface area contributed by atoms with Crippen molar-refractivity contribution in [3.8, 4) is 5.75 Å². The van der Waals surface area contributed by atoms with E-state index < -0.39 is 0 Å². The molecule has 0 heterocycles. The lowest BCUT2D eigenvalue weighted by Crippen LogP contribution is -1.95. The second kappa shape index (κ2) is 5.68. The van der Waals surface area contributed by atoms with Crippen LogP contribution in [0.5, 0.6) is 5.75 Å². The number of benzene rings is 1. The van der Waals surface area contributed by atoms with Crippen LogP contribution in [0.15, 0.2) is 33.7 Å². The minimum atomic E-state index is 0.507. The third-order valence-corrected chi connectivity index (χ3v) is 3.19. The Kier molecular flexibility index (Phi) is 4.84. The number of ether oxygens (including phenoxy) is 1. The van der Waals surface area contributed by atoms with Crippen molar-refractivity contribution in [3.63, 3.8) is 0 Å². The zero-order chi connectivity index (χ0) is 9.68. The van der Waals surface area contributed by atoms with Crippen molar-refractivity contribution in [3.05, 3.63) is 38.8 Å². The Morgan fingerprint density at radius 3 is 2.54 bits per heavy atom. The van der Waals surface area contributed by atoms with E-state index in [1.165, 1.54) is 0 Å². The first kappa shape index (κ1) is 11.1. The summed E-state index contributed by atoms with van der Waals surface area (Å²) >= 11 is 12.2. The molecule has 0 spiro atoms. The van der Waals surface area contributed by atoms with Crippen LogP contribution in [0.1, 0.15) is 0 Å². The van der Waals surface area contributed by atoms with Gasteiger partial charge in [-0.3, -0.25) is 0 Å². The van der Waals surface area contributed by atoms with Crippen LogP contribution < -0.4 is 4.74 Å². The summed E-state index contributed by atoms with van der Waals surface area (Å²) in [6.07, 6.45) is 0. The predicted octanol–water partition coefficient (Wildman–Crippen LogP) is 4.35. The van der Waals surface area contributed by atoms with Crippen LogP contribution in [-0.2, 0) is 0 Å². The van der Waals surface area contributed by atoms with E-state index in [-0.39, 0.29) is 0 Å². The van der Waals surface area contributed by atoms with Crippen molar-refractivity contribution in [2.45, 2.75) is 0 Å². The van der Waals surface area contributed by atoms with Gasteiger partial charge < -0.3 is 4.74 Å². The lowest BCUT2D eigenvalue weighted by atomic mass is 10.3. The van der Waals surface area contributed by atoms with E-state index in [0.717, 1.165) is 10.2 Å². The lowest BCUT2D eigenvalue weighted by molar-refractivity contribution is 0.361. The van der Waals surface area contributed by atoms with Crippen molar-refractivity contribution in [1.29, 1.82) is 0 Å². The molecule has 0 saturated heterocycles. The lowest BCUT2D eigenvalue weighted by Gasteiger charge is -2.04. The fourth-order valence-corrected chi connectivity index (χ4v) is 1.09. The third kappa shape index (κ3) is 4.16. The van der Waals surface area contributed by atoms with Gasteiger partial charge in [-0.2, -0.15) is 0 Å². The minimum absolute atomic E-state index is 0.507. The van der Waals surface area contributed by atoms with Gasteiger partial charge in [0.15, 0.2) is 0 Å². The summed E-state index contributed by atoms with van der Waals surface area (Å²) in [6, 6.07) is 7.25. The van der Waals surface area contributed by atoms with Crippen molar-refractivity contribution >= 4 is 43.5 Å². The Morgan fingerprint density at radius 1 is 1.38 bits per heavy atom. The van der Waals surface area contributed by atoms with E-state index in [1.807, 2.05) is 12.1 Å². The van der Waals surface area contributed by atoms with Gasteiger partial charge in [-0.25, -0.2) is 0 Å². The van der Waals surface area contributed by atoms with Crippen LogP contribution in [0.4, 0.5) is 0 Å². The molecule has 0 aliphatic carbocycles. The number of rotatable bonds is 3. The SMILES string of the molecule is Clc1ccc(OC/C(Br)=C/Br)cc1. The second-order valence-electron chi connectivity index (χ2n) is 2.30. The summed E-state index contributed by atoms with van der Waals surface area (Å²) in [4.78, 5) is 1.77. The molecule has 70 valence electrons. The average molecular weight is 326 g/mol. The average Bonchev–Trinajstić information content (AvgIpc) is 2.16. The van der Waals surface area contributed by atoms with Gasteiger partial charge in [0.1, 0.15) is 12.4 Å². The van der Waals surface area contributed by atoms with Crippen LogP contribution in [-0.4, -0.2) is 6.61 Å². The molecule has 0 N–H and O–H groups in total. The van der Waals surface area contributed by atoms with E-state index >= 15 is 0 Å². The molecular weight excluding hydrogens is 319 g/mol. The van der Waals surface area contributed by atoms with Gasteiger partial charge in [-0.15, -0.1) is 0 Å². The fraction of sp³-hybridized carbons (Fsp3) is 0.111. The van der Waals surface area contributed by atoms with Gasteiger partial charge >= 0.3 is 0 Å². The van der Waals surface area contributed by atoms with Crippen LogP contribution >= 0.6 is 43.5 Å². The Balaban J connectivity index is 2.51. The Morgan fingerprint density at radius 2 is 2.00 bits per heavy atom. The third-order valence-electron chi connectivity index (χ3n) is 1.31. The van der Waals surface area contributed by atoms with Gasteiger partial charge in [0.2, 0.25) is 0 Å². The van der Waals surface area contributed by atoms with Gasteiger partial charge in [-0.05, 0) is 29.3 Å². The fourth-order valence-electron chi connectivity index (χ4n) is 0.715. The molecule has 0 radical (unpaired) electrons. The molecule has 0 amide bonds. The smallest absolute Gasteiger partial charge is 0.120 e. The summed E-state index contributed by atoms with van der Waals surface area (Å²) in [5.41, 5.74) is 0. The molecule has 1 nitrogen and oxygen atoms in total. The molecule has 1 rings (SSSR count). The Bertz CT molecular complexity index is 295. The van der Waals surface area contributed by atoms with Crippen molar-refractivity contribution in [1.82, 2.24) is 0 Å². The van der Waals surface area contributed by atoms with Crippen LogP contribution in [0.25, 0.3) is 0 Å². The summed E-state index contributed by atoms with van der Waals surface area (Å²) in [6.45, 7) is 0.507. The van der Waals surface area contributed by atoms with Crippen LogP contribution in [0.3, 0.4) is 0 Å². The topological polar surface area (TPSA) is 9.23 Å². The highest BCUT2D eigenvalue weighted by Crippen LogP contribution is 2.17. The van der Waals surface area contributed by atoms with Crippen molar-refractivity contribution in [2.24, 2.45) is 0 Å². The van der Waals surface area contributed by atoms with E-state index in [9.17, 15) is 0 Å². The quantitative estimate of drug-likeness (QED) is 0.802. The van der Waals surface area contributed by atoms with Gasteiger partial charge in [-0.1, -0.05) is 43.5 Å². The number of hydrogen-bond acceptors (Lipinski definition) is 1. The minimum Gasteiger partial charge on any atom is -0.488 e. The molecule has 13 heavy (non-hydrogen) atoms. The second-order valence-corrected chi connectivity index (χ2v) is 4.21. The highest BCUT2D eigenvalue weighted by atomic mass is 79.9. The highest BCUT2D eigenvalue weighted by Gasteiger charge is 1.94. The zero-order valence-electron chi connectivity index (χ0n) is 6.64. The first-order valence-corrected chi connectivity index (χ1v) is 5.64. The van der Waals surface area contributed by atoms with Gasteiger partial charge in [0, 0.05) is 9.51 Å². The van der Waals surface area contributed by atoms with Crippen LogP contribution in [0, 0.1) is 0 Å². The van der Waals surface area contributed by atoms with E-state index in [2.05, 4.69) is 31.9 Å². The summed E-state index contributed by atoms with van der Waals surface area (Å²) in [5, 5.41) is 0.711. The van der Waals surface area contributed by atoms with Crippen molar-refractivity contribution < 1.29 is 4.74 Å². The maximum Gasteiger partial charge on any atom is 0.120 e. The molecule has 0 bridgehead atoms. The molecule has 0 aromatic heterocycles. The molecular formula is C9H7Br2ClO. The molecule has 0 fully saturated rings. The molecule has 0 saturated carbocycles. The first-order valence-electron chi connectivity index (χ1n) is 3.55. The standard InChI is InChI=1S/C9H7Br2ClO/c10-5-7(11)6-13-9-3-1-8(12)2-4-9/h1-5H,6H2/b7-5-. The van der Waals surface area contributed by atoms with E-state index in [4.69, 9.17) is 16.3 Å². The molecule has 0 aliphatic heterocycles. The molecule has 0 atom stereocenters. The van der Waals surface area contributed by atoms with Crippen molar-refractivity contribution in [2.75, 3.05) is 6.61 Å².